The van der Waals surface area contributed by atoms with Gasteiger partial charge < -0.3 is 14.9 Å². The second kappa shape index (κ2) is 5.26. The first kappa shape index (κ1) is 14.1. The van der Waals surface area contributed by atoms with Gasteiger partial charge in [-0.3, -0.25) is 4.79 Å². The van der Waals surface area contributed by atoms with Crippen LogP contribution in [0.3, 0.4) is 0 Å². The lowest BCUT2D eigenvalue weighted by Gasteiger charge is -2.09. The maximum Gasteiger partial charge on any atom is 0.251 e. The van der Waals surface area contributed by atoms with Crippen molar-refractivity contribution in [1.29, 1.82) is 0 Å². The number of aryl methyl sites for hydroxylation is 1. The highest BCUT2D eigenvalue weighted by molar-refractivity contribution is 5.97. The third kappa shape index (κ3) is 2.52. The number of amides is 1. The highest BCUT2D eigenvalue weighted by Gasteiger charge is 2.26. The summed E-state index contributed by atoms with van der Waals surface area (Å²) < 4.78 is 2.40. The van der Waals surface area contributed by atoms with Crippen LogP contribution >= 0.6 is 0 Å². The van der Waals surface area contributed by atoms with Gasteiger partial charge in [-0.25, -0.2) is 4.98 Å². The van der Waals surface area contributed by atoms with Crippen LogP contribution in [0, 0.1) is 13.8 Å². The maximum atomic E-state index is 12.4. The first-order chi connectivity index (χ1) is 11.1. The van der Waals surface area contributed by atoms with Crippen LogP contribution in [0.1, 0.15) is 46.2 Å². The van der Waals surface area contributed by atoms with Gasteiger partial charge in [-0.15, -0.1) is 0 Å². The third-order valence-electron chi connectivity index (χ3n) is 4.62. The Morgan fingerprint density at radius 2 is 2.17 bits per heavy atom. The van der Waals surface area contributed by atoms with Crippen molar-refractivity contribution in [3.8, 4) is 0 Å². The summed E-state index contributed by atoms with van der Waals surface area (Å²) in [6.45, 7) is 4.85. The SMILES string of the molecule is Cc1cc(CNC(=O)c2ccc3nc[nH]c3c2)c(C)n1C1CC1. The van der Waals surface area contributed by atoms with Crippen molar-refractivity contribution in [2.45, 2.75) is 39.3 Å². The molecular weight excluding hydrogens is 288 g/mol. The molecule has 0 unspecified atom stereocenters. The van der Waals surface area contributed by atoms with Gasteiger partial charge in [-0.05, 0) is 56.5 Å². The van der Waals surface area contributed by atoms with Crippen LogP contribution in [0.25, 0.3) is 11.0 Å². The Kier molecular flexibility index (Phi) is 3.22. The van der Waals surface area contributed by atoms with Gasteiger partial charge in [0, 0.05) is 29.5 Å². The van der Waals surface area contributed by atoms with E-state index in [0.29, 0.717) is 18.2 Å². The van der Waals surface area contributed by atoms with Gasteiger partial charge in [0.1, 0.15) is 0 Å². The largest absolute Gasteiger partial charge is 0.348 e. The number of hydrogen-bond donors (Lipinski definition) is 2. The molecule has 0 radical (unpaired) electrons. The Balaban J connectivity index is 1.50. The van der Waals surface area contributed by atoms with Gasteiger partial charge in [-0.2, -0.15) is 0 Å². The fraction of sp³-hybridized carbons (Fsp3) is 0.333. The molecule has 0 aliphatic heterocycles. The van der Waals surface area contributed by atoms with E-state index in [1.54, 1.807) is 6.33 Å². The van der Waals surface area contributed by atoms with Gasteiger partial charge in [0.05, 0.1) is 17.4 Å². The smallest absolute Gasteiger partial charge is 0.251 e. The highest BCUT2D eigenvalue weighted by atomic mass is 16.1. The molecule has 2 heterocycles. The lowest BCUT2D eigenvalue weighted by molar-refractivity contribution is 0.0951. The molecule has 1 fully saturated rings. The maximum absolute atomic E-state index is 12.4. The molecule has 23 heavy (non-hydrogen) atoms. The van der Waals surface area contributed by atoms with E-state index in [9.17, 15) is 4.79 Å². The molecule has 1 amide bonds. The fourth-order valence-corrected chi connectivity index (χ4v) is 3.27. The number of carbonyl (C=O) groups excluding carboxylic acids is 1. The predicted octanol–water partition coefficient (Wildman–Crippen LogP) is 3.25. The summed E-state index contributed by atoms with van der Waals surface area (Å²) in [5, 5.41) is 3.03. The number of aromatic amines is 1. The van der Waals surface area contributed by atoms with E-state index in [-0.39, 0.29) is 5.91 Å². The van der Waals surface area contributed by atoms with Gasteiger partial charge in [-0.1, -0.05) is 0 Å². The Hall–Kier alpha value is -2.56. The number of rotatable bonds is 4. The quantitative estimate of drug-likeness (QED) is 0.777. The molecule has 0 saturated heterocycles. The van der Waals surface area contributed by atoms with Crippen LogP contribution in [0.15, 0.2) is 30.6 Å². The molecule has 0 spiro atoms. The van der Waals surface area contributed by atoms with Crippen LogP contribution in [0.5, 0.6) is 0 Å². The van der Waals surface area contributed by atoms with Crippen molar-refractivity contribution in [2.24, 2.45) is 0 Å². The van der Waals surface area contributed by atoms with Crippen molar-refractivity contribution in [3.63, 3.8) is 0 Å². The average molecular weight is 308 g/mol. The number of carbonyl (C=O) groups is 1. The molecule has 5 heteroatoms. The predicted molar refractivity (Wildman–Crippen MR) is 89.4 cm³/mol. The summed E-state index contributed by atoms with van der Waals surface area (Å²) in [4.78, 5) is 19.6. The number of fused-ring (bicyclic) bond motifs is 1. The Morgan fingerprint density at radius 1 is 1.35 bits per heavy atom. The normalized spacial score (nSPS) is 14.3. The minimum absolute atomic E-state index is 0.0577. The van der Waals surface area contributed by atoms with E-state index in [4.69, 9.17) is 0 Å². The molecular formula is C18H20N4O. The number of nitrogens with one attached hydrogen (secondary N) is 2. The second-order valence-electron chi connectivity index (χ2n) is 6.31. The third-order valence-corrected chi connectivity index (χ3v) is 4.62. The van der Waals surface area contributed by atoms with Gasteiger partial charge in [0.15, 0.2) is 0 Å². The van der Waals surface area contributed by atoms with Gasteiger partial charge in [0.2, 0.25) is 0 Å². The van der Waals surface area contributed by atoms with Gasteiger partial charge in [0.25, 0.3) is 5.91 Å². The standard InChI is InChI=1S/C18H20N4O/c1-11-7-14(12(2)22(11)15-4-5-15)9-19-18(23)13-3-6-16-17(8-13)21-10-20-16/h3,6-8,10,15H,4-5,9H2,1-2H3,(H,19,23)(H,20,21). The Bertz CT molecular complexity index is 886. The summed E-state index contributed by atoms with van der Waals surface area (Å²) in [6, 6.07) is 8.37. The molecule has 2 N–H and O–H groups in total. The number of hydrogen-bond acceptors (Lipinski definition) is 2. The molecule has 1 aromatic carbocycles. The first-order valence-electron chi connectivity index (χ1n) is 8.02. The molecule has 1 aliphatic rings. The molecule has 118 valence electrons. The minimum Gasteiger partial charge on any atom is -0.348 e. The molecule has 2 aromatic heterocycles. The van der Waals surface area contributed by atoms with E-state index >= 15 is 0 Å². The van der Waals surface area contributed by atoms with Gasteiger partial charge >= 0.3 is 0 Å². The highest BCUT2D eigenvalue weighted by Crippen LogP contribution is 2.38. The molecule has 1 aliphatic carbocycles. The Labute approximate surface area is 134 Å². The second-order valence-corrected chi connectivity index (χ2v) is 6.31. The summed E-state index contributed by atoms with van der Waals surface area (Å²) in [5.41, 5.74) is 6.16. The van der Waals surface area contributed by atoms with Crippen molar-refractivity contribution in [1.82, 2.24) is 19.9 Å². The molecule has 3 aromatic rings. The Morgan fingerprint density at radius 3 is 2.96 bits per heavy atom. The fourth-order valence-electron chi connectivity index (χ4n) is 3.27. The van der Waals surface area contributed by atoms with Crippen molar-refractivity contribution >= 4 is 16.9 Å². The van der Waals surface area contributed by atoms with E-state index < -0.39 is 0 Å². The average Bonchev–Trinajstić information content (AvgIpc) is 3.18. The number of H-pyrrole nitrogens is 1. The summed E-state index contributed by atoms with van der Waals surface area (Å²) >= 11 is 0. The number of nitrogens with zero attached hydrogens (tertiary/aromatic N) is 2. The lowest BCUT2D eigenvalue weighted by atomic mass is 10.1. The van der Waals surface area contributed by atoms with Crippen LogP contribution in [-0.4, -0.2) is 20.4 Å². The van der Waals surface area contributed by atoms with Crippen LogP contribution < -0.4 is 5.32 Å². The summed E-state index contributed by atoms with van der Waals surface area (Å²) in [7, 11) is 0. The van der Waals surface area contributed by atoms with Crippen molar-refractivity contribution in [3.05, 3.63) is 53.1 Å². The van der Waals surface area contributed by atoms with E-state index in [1.165, 1.54) is 29.8 Å². The summed E-state index contributed by atoms with van der Waals surface area (Å²) in [6.07, 6.45) is 4.18. The van der Waals surface area contributed by atoms with E-state index in [0.717, 1.165) is 11.0 Å². The van der Waals surface area contributed by atoms with E-state index in [2.05, 4.69) is 39.8 Å². The van der Waals surface area contributed by atoms with Crippen molar-refractivity contribution in [2.75, 3.05) is 0 Å². The zero-order valence-corrected chi connectivity index (χ0v) is 13.4. The monoisotopic (exact) mass is 308 g/mol. The van der Waals surface area contributed by atoms with Crippen LogP contribution in [0.2, 0.25) is 0 Å². The number of imidazole rings is 1. The first-order valence-corrected chi connectivity index (χ1v) is 8.02. The molecule has 0 bridgehead atoms. The van der Waals surface area contributed by atoms with Crippen LogP contribution in [0.4, 0.5) is 0 Å². The van der Waals surface area contributed by atoms with Crippen LogP contribution in [-0.2, 0) is 6.54 Å². The minimum atomic E-state index is -0.0577. The molecule has 1 saturated carbocycles. The zero-order valence-electron chi connectivity index (χ0n) is 13.4. The van der Waals surface area contributed by atoms with Crippen molar-refractivity contribution < 1.29 is 4.79 Å². The lowest BCUT2D eigenvalue weighted by Crippen LogP contribution is -2.23. The molecule has 5 nitrogen and oxygen atoms in total. The topological polar surface area (TPSA) is 62.7 Å². The summed E-state index contributed by atoms with van der Waals surface area (Å²) in [5.74, 6) is -0.0577. The zero-order chi connectivity index (χ0) is 16.0. The number of benzene rings is 1. The molecule has 0 atom stereocenters. The molecule has 4 rings (SSSR count). The van der Waals surface area contributed by atoms with E-state index in [1.807, 2.05) is 18.2 Å². The number of aromatic nitrogens is 3.